The van der Waals surface area contributed by atoms with Gasteiger partial charge in [0.2, 0.25) is 0 Å². The number of nitrogens with zero attached hydrogens (tertiary/aromatic N) is 5. The number of aromatic nitrogens is 2. The maximum atomic E-state index is 12.8. The third-order valence-electron chi connectivity index (χ3n) is 4.67. The lowest BCUT2D eigenvalue weighted by atomic mass is 10.2. The quantitative estimate of drug-likeness (QED) is 0.700. The van der Waals surface area contributed by atoms with E-state index in [1.807, 2.05) is 6.92 Å². The number of rotatable bonds is 5. The number of urea groups is 1. The van der Waals surface area contributed by atoms with E-state index >= 15 is 0 Å². The fourth-order valence-electron chi connectivity index (χ4n) is 3.36. The molecule has 25 heavy (non-hydrogen) atoms. The summed E-state index contributed by atoms with van der Waals surface area (Å²) >= 11 is 0. The highest BCUT2D eigenvalue weighted by Crippen LogP contribution is 2.22. The summed E-state index contributed by atoms with van der Waals surface area (Å²) in [5.74, 6) is -0.414. The number of methoxy groups -OCH3 is 1. The van der Waals surface area contributed by atoms with Crippen LogP contribution in [0, 0.1) is 0 Å². The Balaban J connectivity index is 1.77. The van der Waals surface area contributed by atoms with Crippen molar-refractivity contribution in [3.05, 3.63) is 18.0 Å². The zero-order valence-corrected chi connectivity index (χ0v) is 14.6. The number of carbonyl (C=O) groups excluding carboxylic acids is 3. The van der Waals surface area contributed by atoms with Crippen molar-refractivity contribution in [1.29, 1.82) is 0 Å². The lowest BCUT2D eigenvalue weighted by molar-refractivity contribution is -0.128. The summed E-state index contributed by atoms with van der Waals surface area (Å²) in [6.07, 6.45) is 2.23. The highest BCUT2D eigenvalue weighted by atomic mass is 16.5. The standard InChI is InChI=1S/C16H23N5O4/c1-3-21-12(5-6-17-21)14(22)18-7-4-8-19-13(11-18)15(23)20(16(19)24)9-10-25-2/h5-6,13H,3-4,7-11H2,1-2H3. The smallest absolute Gasteiger partial charge is 0.327 e. The molecule has 0 aromatic carbocycles. The molecule has 3 heterocycles. The van der Waals surface area contributed by atoms with Crippen molar-refractivity contribution in [2.75, 3.05) is 39.9 Å². The monoisotopic (exact) mass is 349 g/mol. The van der Waals surface area contributed by atoms with Crippen molar-refractivity contribution in [3.8, 4) is 0 Å². The Labute approximate surface area is 146 Å². The summed E-state index contributed by atoms with van der Waals surface area (Å²) in [5.41, 5.74) is 0.504. The van der Waals surface area contributed by atoms with Crippen molar-refractivity contribution in [2.24, 2.45) is 0 Å². The number of carbonyl (C=O) groups is 3. The number of hydrogen-bond donors (Lipinski definition) is 0. The predicted octanol–water partition coefficient (Wildman–Crippen LogP) is 0.0281. The SMILES string of the molecule is CCn1nccc1C(=O)N1CCCN2C(=O)N(CCOC)C(=O)C2C1. The lowest BCUT2D eigenvalue weighted by Crippen LogP contribution is -2.44. The molecule has 1 unspecified atom stereocenters. The predicted molar refractivity (Wildman–Crippen MR) is 87.9 cm³/mol. The van der Waals surface area contributed by atoms with Gasteiger partial charge >= 0.3 is 6.03 Å². The molecule has 0 saturated carbocycles. The van der Waals surface area contributed by atoms with Crippen LogP contribution in [0.3, 0.4) is 0 Å². The Kier molecular flexibility index (Phi) is 5.03. The first-order valence-corrected chi connectivity index (χ1v) is 8.50. The molecule has 9 nitrogen and oxygen atoms in total. The van der Waals surface area contributed by atoms with Gasteiger partial charge in [-0.15, -0.1) is 0 Å². The van der Waals surface area contributed by atoms with Gasteiger partial charge in [0.05, 0.1) is 19.7 Å². The van der Waals surface area contributed by atoms with Gasteiger partial charge in [-0.25, -0.2) is 4.79 Å². The van der Waals surface area contributed by atoms with Crippen LogP contribution in [0.2, 0.25) is 0 Å². The van der Waals surface area contributed by atoms with E-state index in [1.165, 1.54) is 12.0 Å². The molecule has 1 atom stereocenters. The number of hydrogen-bond acceptors (Lipinski definition) is 5. The van der Waals surface area contributed by atoms with Crippen LogP contribution in [0.4, 0.5) is 4.79 Å². The van der Waals surface area contributed by atoms with Gasteiger partial charge in [0.25, 0.3) is 11.8 Å². The molecule has 0 aliphatic carbocycles. The van der Waals surface area contributed by atoms with Crippen LogP contribution in [-0.4, -0.2) is 88.3 Å². The molecule has 136 valence electrons. The minimum Gasteiger partial charge on any atom is -0.383 e. The molecule has 9 heteroatoms. The van der Waals surface area contributed by atoms with E-state index in [0.717, 1.165) is 0 Å². The van der Waals surface area contributed by atoms with Crippen LogP contribution >= 0.6 is 0 Å². The maximum absolute atomic E-state index is 12.8. The molecule has 1 aromatic rings. The summed E-state index contributed by atoms with van der Waals surface area (Å²) in [6.45, 7) is 4.24. The van der Waals surface area contributed by atoms with Crippen LogP contribution in [0.5, 0.6) is 0 Å². The Hall–Kier alpha value is -2.42. The first kappa shape index (κ1) is 17.4. The minimum atomic E-state index is -0.617. The van der Waals surface area contributed by atoms with Crippen LogP contribution in [0.1, 0.15) is 23.8 Å². The number of ether oxygens (including phenoxy) is 1. The van der Waals surface area contributed by atoms with Gasteiger partial charge in [-0.05, 0) is 19.4 Å². The Bertz CT molecular complexity index is 673. The molecule has 2 aliphatic rings. The first-order valence-electron chi connectivity index (χ1n) is 8.50. The largest absolute Gasteiger partial charge is 0.383 e. The van der Waals surface area contributed by atoms with Crippen molar-refractivity contribution >= 4 is 17.8 Å². The Morgan fingerprint density at radius 2 is 2.16 bits per heavy atom. The molecule has 0 N–H and O–H groups in total. The van der Waals surface area contributed by atoms with E-state index in [0.29, 0.717) is 38.4 Å². The molecule has 4 amide bonds. The molecular formula is C16H23N5O4. The second-order valence-electron chi connectivity index (χ2n) is 6.11. The molecule has 0 bridgehead atoms. The minimum absolute atomic E-state index is 0.156. The van der Waals surface area contributed by atoms with E-state index in [-0.39, 0.29) is 30.9 Å². The first-order chi connectivity index (χ1) is 12.1. The van der Waals surface area contributed by atoms with Gasteiger partial charge in [0, 0.05) is 32.9 Å². The van der Waals surface area contributed by atoms with Crippen molar-refractivity contribution in [3.63, 3.8) is 0 Å². The lowest BCUT2D eigenvalue weighted by Gasteiger charge is -2.23. The molecular weight excluding hydrogens is 326 g/mol. The zero-order chi connectivity index (χ0) is 18.0. The summed E-state index contributed by atoms with van der Waals surface area (Å²) in [7, 11) is 1.53. The number of amides is 4. The molecule has 2 saturated heterocycles. The Morgan fingerprint density at radius 3 is 2.88 bits per heavy atom. The van der Waals surface area contributed by atoms with Gasteiger partial charge in [-0.3, -0.25) is 19.2 Å². The fourth-order valence-corrected chi connectivity index (χ4v) is 3.36. The summed E-state index contributed by atoms with van der Waals surface area (Å²) in [4.78, 5) is 42.4. The average Bonchev–Trinajstić information content (AvgIpc) is 3.08. The highest BCUT2D eigenvalue weighted by Gasteiger charge is 2.46. The molecule has 1 aromatic heterocycles. The van der Waals surface area contributed by atoms with Crippen LogP contribution < -0.4 is 0 Å². The van der Waals surface area contributed by atoms with Gasteiger partial charge in [-0.2, -0.15) is 5.10 Å². The highest BCUT2D eigenvalue weighted by molar-refractivity contribution is 6.05. The van der Waals surface area contributed by atoms with Gasteiger partial charge in [-0.1, -0.05) is 0 Å². The van der Waals surface area contributed by atoms with Crippen LogP contribution in [0.25, 0.3) is 0 Å². The summed E-state index contributed by atoms with van der Waals surface area (Å²) < 4.78 is 6.61. The van der Waals surface area contributed by atoms with Gasteiger partial charge in [0.15, 0.2) is 0 Å². The van der Waals surface area contributed by atoms with Crippen molar-refractivity contribution in [2.45, 2.75) is 25.9 Å². The second kappa shape index (κ2) is 7.22. The molecule has 0 radical (unpaired) electrons. The Morgan fingerprint density at radius 1 is 1.36 bits per heavy atom. The fraction of sp³-hybridized carbons (Fsp3) is 0.625. The number of fused-ring (bicyclic) bond motifs is 1. The third kappa shape index (κ3) is 3.11. The third-order valence-corrected chi connectivity index (χ3v) is 4.67. The molecule has 2 fully saturated rings. The van der Waals surface area contributed by atoms with Gasteiger partial charge in [0.1, 0.15) is 11.7 Å². The van der Waals surface area contributed by atoms with Gasteiger partial charge < -0.3 is 14.5 Å². The summed E-state index contributed by atoms with van der Waals surface area (Å²) in [5, 5.41) is 4.13. The molecule has 0 spiro atoms. The summed E-state index contributed by atoms with van der Waals surface area (Å²) in [6, 6.07) is 0.773. The normalized spacial score (nSPS) is 20.9. The average molecular weight is 349 g/mol. The van der Waals surface area contributed by atoms with Crippen molar-refractivity contribution < 1.29 is 19.1 Å². The van der Waals surface area contributed by atoms with E-state index in [1.54, 1.807) is 26.7 Å². The van der Waals surface area contributed by atoms with E-state index in [4.69, 9.17) is 4.74 Å². The topological polar surface area (TPSA) is 88.0 Å². The van der Waals surface area contributed by atoms with E-state index in [2.05, 4.69) is 5.10 Å². The van der Waals surface area contributed by atoms with Crippen LogP contribution in [0.15, 0.2) is 12.3 Å². The maximum Gasteiger partial charge on any atom is 0.327 e. The van der Waals surface area contributed by atoms with Crippen LogP contribution in [-0.2, 0) is 16.1 Å². The number of imide groups is 1. The number of aryl methyl sites for hydroxylation is 1. The van der Waals surface area contributed by atoms with E-state index < -0.39 is 6.04 Å². The molecule has 2 aliphatic heterocycles. The van der Waals surface area contributed by atoms with Crippen molar-refractivity contribution in [1.82, 2.24) is 24.5 Å². The molecule has 3 rings (SSSR count). The second-order valence-corrected chi connectivity index (χ2v) is 6.11. The zero-order valence-electron chi connectivity index (χ0n) is 14.6. The van der Waals surface area contributed by atoms with E-state index in [9.17, 15) is 14.4 Å².